The number of carbonyl (C=O) groups is 2. The summed E-state index contributed by atoms with van der Waals surface area (Å²) in [6.07, 6.45) is 0. The van der Waals surface area contributed by atoms with Crippen molar-refractivity contribution in [3.05, 3.63) is 51.7 Å². The van der Waals surface area contributed by atoms with Gasteiger partial charge < -0.3 is 10.2 Å². The zero-order valence-electron chi connectivity index (χ0n) is 8.58. The molecule has 0 aliphatic heterocycles. The van der Waals surface area contributed by atoms with Crippen LogP contribution < -0.4 is 0 Å². The minimum atomic E-state index is -1.32. The van der Waals surface area contributed by atoms with E-state index in [9.17, 15) is 14.7 Å². The van der Waals surface area contributed by atoms with Gasteiger partial charge >= 0.3 is 5.97 Å². The van der Waals surface area contributed by atoms with E-state index in [4.69, 9.17) is 5.11 Å². The van der Waals surface area contributed by atoms with Crippen molar-refractivity contribution < 1.29 is 19.8 Å². The molecular weight excluding hydrogens is 240 g/mol. The first-order valence-electron chi connectivity index (χ1n) is 4.74. The van der Waals surface area contributed by atoms with E-state index in [0.29, 0.717) is 4.88 Å². The Morgan fingerprint density at radius 1 is 1.12 bits per heavy atom. The molecule has 2 N–H and O–H groups in total. The number of hydrogen-bond acceptors (Lipinski definition) is 4. The largest absolute Gasteiger partial charge is 0.507 e. The number of carboxylic acids is 1. The lowest BCUT2D eigenvalue weighted by molar-refractivity contribution is 0.0689. The van der Waals surface area contributed by atoms with E-state index in [1.807, 2.05) is 0 Å². The third-order valence-corrected chi connectivity index (χ3v) is 3.11. The van der Waals surface area contributed by atoms with Crippen molar-refractivity contribution in [2.75, 3.05) is 0 Å². The van der Waals surface area contributed by atoms with E-state index in [2.05, 4.69) is 0 Å². The summed E-state index contributed by atoms with van der Waals surface area (Å²) in [7, 11) is 0. The molecule has 0 unspecified atom stereocenters. The van der Waals surface area contributed by atoms with Crippen LogP contribution in [0.4, 0.5) is 0 Å². The van der Waals surface area contributed by atoms with Crippen LogP contribution in [0.5, 0.6) is 5.75 Å². The Bertz CT molecular complexity index is 572. The lowest BCUT2D eigenvalue weighted by Crippen LogP contribution is -2.08. The fraction of sp³-hybridized carbons (Fsp3) is 0. The maximum atomic E-state index is 12.0. The summed E-state index contributed by atoms with van der Waals surface area (Å²) in [4.78, 5) is 23.5. The van der Waals surface area contributed by atoms with Crippen molar-refractivity contribution in [1.82, 2.24) is 0 Å². The maximum Gasteiger partial charge on any atom is 0.340 e. The number of hydrogen-bond donors (Lipinski definition) is 2. The summed E-state index contributed by atoms with van der Waals surface area (Å²) >= 11 is 1.23. The zero-order chi connectivity index (χ0) is 12.4. The SMILES string of the molecule is O=C(c1cccs1)c1cccc(O)c1C(=O)O. The molecule has 0 aliphatic rings. The average Bonchev–Trinajstić information content (AvgIpc) is 2.80. The normalized spacial score (nSPS) is 10.1. The number of rotatable bonds is 3. The smallest absolute Gasteiger partial charge is 0.340 e. The first kappa shape index (κ1) is 11.3. The van der Waals surface area contributed by atoms with Crippen LogP contribution in [0.2, 0.25) is 0 Å². The summed E-state index contributed by atoms with van der Waals surface area (Å²) in [5, 5.41) is 20.2. The van der Waals surface area contributed by atoms with Gasteiger partial charge in [0.05, 0.1) is 4.88 Å². The maximum absolute atomic E-state index is 12.0. The second-order valence-electron chi connectivity index (χ2n) is 3.31. The Labute approximate surface area is 101 Å². The van der Waals surface area contributed by atoms with Gasteiger partial charge in [-0.05, 0) is 23.6 Å². The standard InChI is InChI=1S/C12H8O4S/c13-8-4-1-3-7(10(8)12(15)16)11(14)9-5-2-6-17-9/h1-6,13H,(H,15,16). The van der Waals surface area contributed by atoms with Gasteiger partial charge in [0, 0.05) is 5.56 Å². The molecule has 0 aliphatic carbocycles. The second-order valence-corrected chi connectivity index (χ2v) is 4.26. The molecule has 0 saturated carbocycles. The number of aromatic hydroxyl groups is 1. The van der Waals surface area contributed by atoms with Crippen LogP contribution in [0.1, 0.15) is 25.6 Å². The van der Waals surface area contributed by atoms with Crippen LogP contribution in [-0.2, 0) is 0 Å². The first-order chi connectivity index (χ1) is 8.11. The monoisotopic (exact) mass is 248 g/mol. The molecule has 1 aromatic carbocycles. The molecule has 5 heteroatoms. The second kappa shape index (κ2) is 4.39. The molecule has 0 amide bonds. The van der Waals surface area contributed by atoms with Gasteiger partial charge in [0.15, 0.2) is 0 Å². The van der Waals surface area contributed by atoms with Gasteiger partial charge in [0.2, 0.25) is 5.78 Å². The highest BCUT2D eigenvalue weighted by Gasteiger charge is 2.21. The fourth-order valence-electron chi connectivity index (χ4n) is 1.49. The van der Waals surface area contributed by atoms with E-state index in [1.165, 1.54) is 29.5 Å². The van der Waals surface area contributed by atoms with Crippen molar-refractivity contribution in [3.8, 4) is 5.75 Å². The summed E-state index contributed by atoms with van der Waals surface area (Å²) in [6.45, 7) is 0. The van der Waals surface area contributed by atoms with Crippen molar-refractivity contribution in [1.29, 1.82) is 0 Å². The third kappa shape index (κ3) is 2.05. The zero-order valence-corrected chi connectivity index (χ0v) is 9.40. The van der Waals surface area contributed by atoms with Crippen molar-refractivity contribution in [3.63, 3.8) is 0 Å². The van der Waals surface area contributed by atoms with Gasteiger partial charge in [-0.15, -0.1) is 11.3 Å². The molecule has 4 nitrogen and oxygen atoms in total. The Balaban J connectivity index is 2.56. The molecule has 0 spiro atoms. The molecule has 2 rings (SSSR count). The number of aromatic carboxylic acids is 1. The third-order valence-electron chi connectivity index (χ3n) is 2.25. The number of thiophene rings is 1. The van der Waals surface area contributed by atoms with Crippen LogP contribution in [0.25, 0.3) is 0 Å². The summed E-state index contributed by atoms with van der Waals surface area (Å²) in [5.41, 5.74) is -0.356. The van der Waals surface area contributed by atoms with Crippen LogP contribution in [-0.4, -0.2) is 22.0 Å². The van der Waals surface area contributed by atoms with E-state index >= 15 is 0 Å². The first-order valence-corrected chi connectivity index (χ1v) is 5.62. The predicted molar refractivity (Wildman–Crippen MR) is 62.8 cm³/mol. The minimum Gasteiger partial charge on any atom is -0.507 e. The number of carbonyl (C=O) groups excluding carboxylic acids is 1. The Kier molecular flexibility index (Phi) is 2.93. The molecule has 0 fully saturated rings. The molecule has 86 valence electrons. The molecule has 1 aromatic heterocycles. The molecule has 1 heterocycles. The number of ketones is 1. The van der Waals surface area contributed by atoms with Gasteiger partial charge in [0.1, 0.15) is 11.3 Å². The Morgan fingerprint density at radius 2 is 1.88 bits per heavy atom. The summed E-state index contributed by atoms with van der Waals surface area (Å²) in [6, 6.07) is 7.41. The lowest BCUT2D eigenvalue weighted by atomic mass is 10.0. The van der Waals surface area contributed by atoms with Crippen LogP contribution in [0.15, 0.2) is 35.7 Å². The molecule has 0 saturated heterocycles. The number of benzene rings is 1. The van der Waals surface area contributed by atoms with Gasteiger partial charge in [-0.3, -0.25) is 4.79 Å². The van der Waals surface area contributed by atoms with Gasteiger partial charge in [-0.25, -0.2) is 4.79 Å². The highest BCUT2D eigenvalue weighted by atomic mass is 32.1. The molecule has 0 bridgehead atoms. The number of phenols is 1. The van der Waals surface area contributed by atoms with Crippen LogP contribution >= 0.6 is 11.3 Å². The van der Waals surface area contributed by atoms with E-state index in [1.54, 1.807) is 17.5 Å². The highest BCUT2D eigenvalue weighted by Crippen LogP contribution is 2.24. The quantitative estimate of drug-likeness (QED) is 0.818. The topological polar surface area (TPSA) is 74.6 Å². The van der Waals surface area contributed by atoms with Crippen molar-refractivity contribution >= 4 is 23.1 Å². The predicted octanol–water partition coefficient (Wildman–Crippen LogP) is 2.38. The highest BCUT2D eigenvalue weighted by molar-refractivity contribution is 7.12. The fourth-order valence-corrected chi connectivity index (χ4v) is 2.17. The molecule has 0 radical (unpaired) electrons. The van der Waals surface area contributed by atoms with Crippen LogP contribution in [0.3, 0.4) is 0 Å². The van der Waals surface area contributed by atoms with Gasteiger partial charge in [0.25, 0.3) is 0 Å². The Morgan fingerprint density at radius 3 is 2.47 bits per heavy atom. The molecular formula is C12H8O4S. The number of carboxylic acid groups (broad SMARTS) is 1. The van der Waals surface area contributed by atoms with Gasteiger partial charge in [-0.2, -0.15) is 0 Å². The van der Waals surface area contributed by atoms with Crippen molar-refractivity contribution in [2.45, 2.75) is 0 Å². The molecule has 0 atom stereocenters. The average molecular weight is 248 g/mol. The minimum absolute atomic E-state index is 0.0000463. The lowest BCUT2D eigenvalue weighted by Gasteiger charge is -2.05. The molecule has 17 heavy (non-hydrogen) atoms. The van der Waals surface area contributed by atoms with Crippen molar-refractivity contribution in [2.24, 2.45) is 0 Å². The van der Waals surface area contributed by atoms with Crippen LogP contribution in [0, 0.1) is 0 Å². The van der Waals surface area contributed by atoms with E-state index < -0.39 is 17.5 Å². The summed E-state index contributed by atoms with van der Waals surface area (Å²) in [5.74, 6) is -2.11. The van der Waals surface area contributed by atoms with Gasteiger partial charge in [-0.1, -0.05) is 12.1 Å². The summed E-state index contributed by atoms with van der Waals surface area (Å²) < 4.78 is 0. The van der Waals surface area contributed by atoms with E-state index in [-0.39, 0.29) is 11.1 Å². The molecule has 2 aromatic rings. The van der Waals surface area contributed by atoms with E-state index in [0.717, 1.165) is 0 Å². The Hall–Kier alpha value is -2.14.